The van der Waals surface area contributed by atoms with Crippen LogP contribution in [0.25, 0.3) is 0 Å². The first kappa shape index (κ1) is 14.8. The fourth-order valence-electron chi connectivity index (χ4n) is 2.72. The van der Waals surface area contributed by atoms with Crippen LogP contribution in [0.15, 0.2) is 16.9 Å². The average Bonchev–Trinajstić information content (AvgIpc) is 2.60. The van der Waals surface area contributed by atoms with Crippen LogP contribution in [0.4, 0.5) is 0 Å². The molecule has 20 heavy (non-hydrogen) atoms. The third-order valence-electron chi connectivity index (χ3n) is 3.85. The molecule has 3 N–H and O–H groups in total. The summed E-state index contributed by atoms with van der Waals surface area (Å²) in [5, 5.41) is 13.2. The van der Waals surface area contributed by atoms with Gasteiger partial charge in [0.05, 0.1) is 5.60 Å². The van der Waals surface area contributed by atoms with E-state index in [1.54, 1.807) is 13.0 Å². The highest BCUT2D eigenvalue weighted by Crippen LogP contribution is 2.26. The number of rotatable bonds is 3. The molecule has 1 saturated carbocycles. The predicted molar refractivity (Wildman–Crippen MR) is 76.8 cm³/mol. The van der Waals surface area contributed by atoms with Gasteiger partial charge in [-0.1, -0.05) is 25.7 Å². The normalized spacial score (nSPS) is 18.3. The fourth-order valence-corrected chi connectivity index (χ4v) is 2.72. The van der Waals surface area contributed by atoms with E-state index in [2.05, 4.69) is 10.3 Å². The first-order chi connectivity index (χ1) is 9.48. The highest BCUT2D eigenvalue weighted by atomic mass is 16.3. The van der Waals surface area contributed by atoms with Gasteiger partial charge in [-0.05, 0) is 25.8 Å². The molecule has 0 saturated heterocycles. The molecule has 1 aromatic rings. The average molecular weight is 278 g/mol. The zero-order chi connectivity index (χ0) is 14.6. The van der Waals surface area contributed by atoms with E-state index in [1.807, 2.05) is 0 Å². The van der Waals surface area contributed by atoms with Crippen molar-refractivity contribution < 1.29 is 9.90 Å². The van der Waals surface area contributed by atoms with Gasteiger partial charge in [0.2, 0.25) is 5.56 Å². The van der Waals surface area contributed by atoms with Gasteiger partial charge < -0.3 is 15.4 Å². The Balaban J connectivity index is 1.99. The van der Waals surface area contributed by atoms with Crippen molar-refractivity contribution in [3.8, 4) is 0 Å². The number of hydrogen-bond donors (Lipinski definition) is 3. The van der Waals surface area contributed by atoms with Crippen LogP contribution < -0.4 is 10.9 Å². The number of aromatic nitrogens is 1. The highest BCUT2D eigenvalue weighted by molar-refractivity contribution is 5.94. The van der Waals surface area contributed by atoms with E-state index in [1.165, 1.54) is 6.07 Å². The number of carbonyl (C=O) groups excluding carboxylic acids is 1. The lowest BCUT2D eigenvalue weighted by atomic mass is 9.94. The Morgan fingerprint density at radius 2 is 1.95 bits per heavy atom. The van der Waals surface area contributed by atoms with Crippen LogP contribution in [-0.2, 0) is 0 Å². The molecular weight excluding hydrogens is 256 g/mol. The molecule has 5 nitrogen and oxygen atoms in total. The Labute approximate surface area is 118 Å². The number of nitrogens with one attached hydrogen (secondary N) is 2. The zero-order valence-electron chi connectivity index (χ0n) is 11.9. The van der Waals surface area contributed by atoms with Crippen LogP contribution in [0.3, 0.4) is 0 Å². The Morgan fingerprint density at radius 1 is 1.30 bits per heavy atom. The van der Waals surface area contributed by atoms with E-state index in [0.29, 0.717) is 11.3 Å². The summed E-state index contributed by atoms with van der Waals surface area (Å²) in [4.78, 5) is 26.0. The number of hydrogen-bond acceptors (Lipinski definition) is 3. The van der Waals surface area contributed by atoms with Gasteiger partial charge in [0, 0.05) is 23.9 Å². The third-order valence-corrected chi connectivity index (χ3v) is 3.85. The second-order valence-electron chi connectivity index (χ2n) is 5.74. The van der Waals surface area contributed by atoms with Crippen LogP contribution in [0.5, 0.6) is 0 Å². The van der Waals surface area contributed by atoms with Crippen LogP contribution in [-0.4, -0.2) is 28.1 Å². The molecule has 0 unspecified atom stereocenters. The van der Waals surface area contributed by atoms with Gasteiger partial charge in [-0.3, -0.25) is 9.59 Å². The molecule has 0 spiro atoms. The SMILES string of the molecule is Cc1cc(C(=O)NCC2(O)CCCCCC2)cc(=O)[nH]1. The first-order valence-electron chi connectivity index (χ1n) is 7.20. The van der Waals surface area contributed by atoms with E-state index >= 15 is 0 Å². The van der Waals surface area contributed by atoms with Gasteiger partial charge in [-0.25, -0.2) is 0 Å². The standard InChI is InChI=1S/C15H22N2O3/c1-11-8-12(9-13(18)17-11)14(19)16-10-15(20)6-4-2-3-5-7-15/h8-9,20H,2-7,10H2,1H3,(H,16,19)(H,17,18). The summed E-state index contributed by atoms with van der Waals surface area (Å²) in [6.45, 7) is 1.98. The molecular formula is C15H22N2O3. The number of pyridine rings is 1. The van der Waals surface area contributed by atoms with Gasteiger partial charge in [0.1, 0.15) is 0 Å². The van der Waals surface area contributed by atoms with E-state index in [0.717, 1.165) is 38.5 Å². The molecule has 0 aliphatic heterocycles. The minimum atomic E-state index is -0.803. The van der Waals surface area contributed by atoms with Crippen molar-refractivity contribution >= 4 is 5.91 Å². The molecule has 0 radical (unpaired) electrons. The van der Waals surface area contributed by atoms with E-state index in [-0.39, 0.29) is 18.0 Å². The molecule has 2 rings (SSSR count). The largest absolute Gasteiger partial charge is 0.388 e. The summed E-state index contributed by atoms with van der Waals surface area (Å²) in [6.07, 6.45) is 5.73. The van der Waals surface area contributed by atoms with Crippen molar-refractivity contribution in [3.05, 3.63) is 33.7 Å². The molecule has 1 amide bonds. The van der Waals surface area contributed by atoms with Crippen molar-refractivity contribution in [2.45, 2.75) is 51.0 Å². The number of aryl methyl sites for hydroxylation is 1. The summed E-state index contributed by atoms with van der Waals surface area (Å²) in [5.41, 5.74) is -0.106. The number of aromatic amines is 1. The second kappa shape index (κ2) is 6.22. The zero-order valence-corrected chi connectivity index (χ0v) is 11.9. The Bertz CT molecular complexity index is 528. The lowest BCUT2D eigenvalue weighted by Crippen LogP contribution is -2.42. The van der Waals surface area contributed by atoms with Crippen molar-refractivity contribution in [1.29, 1.82) is 0 Å². The van der Waals surface area contributed by atoms with E-state index < -0.39 is 5.60 Å². The van der Waals surface area contributed by atoms with Crippen molar-refractivity contribution in [3.63, 3.8) is 0 Å². The van der Waals surface area contributed by atoms with Crippen LogP contribution >= 0.6 is 0 Å². The molecule has 1 heterocycles. The molecule has 110 valence electrons. The van der Waals surface area contributed by atoms with Gasteiger partial charge in [-0.15, -0.1) is 0 Å². The van der Waals surface area contributed by atoms with Crippen molar-refractivity contribution in [2.75, 3.05) is 6.54 Å². The quantitative estimate of drug-likeness (QED) is 0.733. The smallest absolute Gasteiger partial charge is 0.251 e. The van der Waals surface area contributed by atoms with Crippen LogP contribution in [0.2, 0.25) is 0 Å². The number of carbonyl (C=O) groups is 1. The Kier molecular flexibility index (Phi) is 4.60. The molecule has 0 aromatic carbocycles. The first-order valence-corrected chi connectivity index (χ1v) is 7.20. The molecule has 0 bridgehead atoms. The molecule has 1 aliphatic carbocycles. The summed E-state index contributed by atoms with van der Waals surface area (Å²) in [5.74, 6) is -0.308. The topological polar surface area (TPSA) is 82.2 Å². The van der Waals surface area contributed by atoms with Gasteiger partial charge >= 0.3 is 0 Å². The number of amides is 1. The lowest BCUT2D eigenvalue weighted by Gasteiger charge is -2.26. The summed E-state index contributed by atoms with van der Waals surface area (Å²) in [7, 11) is 0. The van der Waals surface area contributed by atoms with Crippen molar-refractivity contribution in [2.24, 2.45) is 0 Å². The minimum Gasteiger partial charge on any atom is -0.388 e. The molecule has 1 aromatic heterocycles. The summed E-state index contributed by atoms with van der Waals surface area (Å²) < 4.78 is 0. The van der Waals surface area contributed by atoms with Crippen LogP contribution in [0.1, 0.15) is 54.6 Å². The highest BCUT2D eigenvalue weighted by Gasteiger charge is 2.28. The van der Waals surface area contributed by atoms with Gasteiger partial charge in [-0.2, -0.15) is 0 Å². The maximum Gasteiger partial charge on any atom is 0.251 e. The predicted octanol–water partition coefficient (Wildman–Crippen LogP) is 1.50. The van der Waals surface area contributed by atoms with Crippen LogP contribution in [0, 0.1) is 6.92 Å². The summed E-state index contributed by atoms with van der Waals surface area (Å²) >= 11 is 0. The van der Waals surface area contributed by atoms with E-state index in [4.69, 9.17) is 0 Å². The monoisotopic (exact) mass is 278 g/mol. The third kappa shape index (κ3) is 3.93. The minimum absolute atomic E-state index is 0.248. The molecule has 0 atom stereocenters. The molecule has 1 fully saturated rings. The maximum atomic E-state index is 12.0. The summed E-state index contributed by atoms with van der Waals surface area (Å²) in [6, 6.07) is 2.91. The lowest BCUT2D eigenvalue weighted by molar-refractivity contribution is 0.0246. The molecule has 1 aliphatic rings. The van der Waals surface area contributed by atoms with Gasteiger partial charge in [0.25, 0.3) is 5.91 Å². The Hall–Kier alpha value is -1.62. The second-order valence-corrected chi connectivity index (χ2v) is 5.74. The van der Waals surface area contributed by atoms with E-state index in [9.17, 15) is 14.7 Å². The van der Waals surface area contributed by atoms with Gasteiger partial charge in [0.15, 0.2) is 0 Å². The fraction of sp³-hybridized carbons (Fsp3) is 0.600. The number of aliphatic hydroxyl groups is 1. The van der Waals surface area contributed by atoms with Crippen molar-refractivity contribution in [1.82, 2.24) is 10.3 Å². The number of H-pyrrole nitrogens is 1. The maximum absolute atomic E-state index is 12.0. The molecule has 5 heteroatoms. The Morgan fingerprint density at radius 3 is 2.55 bits per heavy atom.